The molecule has 1 aliphatic carbocycles. The molecule has 1 saturated carbocycles. The van der Waals surface area contributed by atoms with E-state index < -0.39 is 11.9 Å². The fraction of sp³-hybridized carbons (Fsp3) is 0.538. The summed E-state index contributed by atoms with van der Waals surface area (Å²) in [4.78, 5) is 34.6. The van der Waals surface area contributed by atoms with Crippen LogP contribution >= 0.6 is 0 Å². The Kier molecular flexibility index (Phi) is 8.98. The van der Waals surface area contributed by atoms with Gasteiger partial charge in [0.15, 0.2) is 5.78 Å². The molecule has 0 radical (unpaired) electrons. The Hall–Kier alpha value is -3.00. The van der Waals surface area contributed by atoms with Crippen molar-refractivity contribution in [3.8, 4) is 0 Å². The second kappa shape index (κ2) is 11.9. The van der Waals surface area contributed by atoms with Crippen molar-refractivity contribution in [1.29, 1.82) is 0 Å². The Morgan fingerprint density at radius 3 is 2.24 bits per heavy atom. The predicted molar refractivity (Wildman–Crippen MR) is 130 cm³/mol. The molecule has 0 amide bonds. The Bertz CT molecular complexity index is 1010. The molecule has 0 unspecified atom stereocenters. The molecule has 4 rings (SSSR count). The quantitative estimate of drug-likeness (QED) is 0.430. The summed E-state index contributed by atoms with van der Waals surface area (Å²) in [5.74, 6) is -1.55. The summed E-state index contributed by atoms with van der Waals surface area (Å²) in [7, 11) is 0. The third-order valence-electron chi connectivity index (χ3n) is 6.77. The smallest absolute Gasteiger partial charge is 0.328 e. The Morgan fingerprint density at radius 1 is 1.06 bits per heavy atom. The molecule has 8 nitrogen and oxygen atoms in total. The average molecular weight is 470 g/mol. The third-order valence-corrected chi connectivity index (χ3v) is 6.77. The van der Waals surface area contributed by atoms with Gasteiger partial charge in [-0.1, -0.05) is 18.6 Å². The van der Waals surface area contributed by atoms with Crippen LogP contribution < -0.4 is 0 Å². The zero-order valence-electron chi connectivity index (χ0n) is 20.0. The summed E-state index contributed by atoms with van der Waals surface area (Å²) in [6.07, 6.45) is 11.6. The van der Waals surface area contributed by atoms with Gasteiger partial charge >= 0.3 is 11.9 Å². The predicted octanol–water partition coefficient (Wildman–Crippen LogP) is 4.56. The van der Waals surface area contributed by atoms with E-state index in [1.165, 1.54) is 45.2 Å². The maximum absolute atomic E-state index is 12.8. The Balaban J connectivity index is 0.000000350. The normalized spacial score (nSPS) is 17.5. The third kappa shape index (κ3) is 7.00. The van der Waals surface area contributed by atoms with Gasteiger partial charge in [-0.3, -0.25) is 9.48 Å². The molecule has 2 aliphatic rings. The van der Waals surface area contributed by atoms with Crippen LogP contribution in [0.15, 0.2) is 36.5 Å². The number of carbonyl (C=O) groups excluding carboxylic acids is 1. The minimum absolute atomic E-state index is 0.256. The van der Waals surface area contributed by atoms with E-state index in [1.54, 1.807) is 0 Å². The van der Waals surface area contributed by atoms with Crippen LogP contribution in [-0.4, -0.2) is 61.7 Å². The first-order valence-corrected chi connectivity index (χ1v) is 12.1. The van der Waals surface area contributed by atoms with Crippen molar-refractivity contribution in [1.82, 2.24) is 14.7 Å². The zero-order valence-corrected chi connectivity index (χ0v) is 20.0. The van der Waals surface area contributed by atoms with E-state index in [0.717, 1.165) is 28.9 Å². The number of aromatic nitrogens is 2. The van der Waals surface area contributed by atoms with Crippen LogP contribution in [0.1, 0.15) is 75.2 Å². The van der Waals surface area contributed by atoms with Crippen molar-refractivity contribution in [2.45, 2.75) is 70.9 Å². The van der Waals surface area contributed by atoms with Gasteiger partial charge in [0.25, 0.3) is 0 Å². The molecule has 8 heteroatoms. The van der Waals surface area contributed by atoms with Crippen LogP contribution in [0.2, 0.25) is 0 Å². The minimum Gasteiger partial charge on any atom is -0.478 e. The first-order valence-electron chi connectivity index (χ1n) is 12.1. The maximum atomic E-state index is 12.8. The van der Waals surface area contributed by atoms with E-state index in [9.17, 15) is 14.4 Å². The van der Waals surface area contributed by atoms with Gasteiger partial charge in [0.1, 0.15) is 5.52 Å². The van der Waals surface area contributed by atoms with Crippen molar-refractivity contribution < 1.29 is 24.6 Å². The van der Waals surface area contributed by atoms with Crippen molar-refractivity contribution in [2.75, 3.05) is 13.1 Å². The maximum Gasteiger partial charge on any atom is 0.328 e. The number of carbonyl (C=O) groups is 3. The number of aliphatic carboxylic acids is 2. The highest BCUT2D eigenvalue weighted by atomic mass is 16.4. The number of piperidine rings is 1. The van der Waals surface area contributed by atoms with Gasteiger partial charge in [-0.2, -0.15) is 5.10 Å². The van der Waals surface area contributed by atoms with Gasteiger partial charge < -0.3 is 15.1 Å². The van der Waals surface area contributed by atoms with Crippen LogP contribution in [-0.2, 0) is 9.59 Å². The molecule has 2 aromatic rings. The monoisotopic (exact) mass is 469 g/mol. The summed E-state index contributed by atoms with van der Waals surface area (Å²) < 4.78 is 1.96. The molecule has 2 N–H and O–H groups in total. The van der Waals surface area contributed by atoms with Crippen LogP contribution in [0.5, 0.6) is 0 Å². The van der Waals surface area contributed by atoms with E-state index in [0.29, 0.717) is 30.5 Å². The molecular weight excluding hydrogens is 434 g/mol. The number of likely N-dealkylation sites (tertiary alicyclic amines) is 1. The zero-order chi connectivity index (χ0) is 24.7. The van der Waals surface area contributed by atoms with E-state index in [4.69, 9.17) is 10.2 Å². The van der Waals surface area contributed by atoms with E-state index in [1.807, 2.05) is 29.1 Å². The summed E-state index contributed by atoms with van der Waals surface area (Å²) >= 11 is 0. The molecule has 2 fully saturated rings. The number of nitrogens with zero attached hydrogens (tertiary/aromatic N) is 3. The first kappa shape index (κ1) is 25.6. The van der Waals surface area contributed by atoms with Crippen LogP contribution in [0.4, 0.5) is 0 Å². The molecule has 1 aromatic heterocycles. The highest BCUT2D eigenvalue weighted by Crippen LogP contribution is 2.31. The van der Waals surface area contributed by atoms with Crippen molar-refractivity contribution in [3.63, 3.8) is 0 Å². The number of fused-ring (bicyclic) bond motifs is 1. The number of hydrogen-bond acceptors (Lipinski definition) is 5. The lowest BCUT2D eigenvalue weighted by Gasteiger charge is -2.41. The molecule has 1 aliphatic heterocycles. The fourth-order valence-corrected chi connectivity index (χ4v) is 4.52. The number of ketones is 1. The lowest BCUT2D eigenvalue weighted by atomic mass is 9.86. The van der Waals surface area contributed by atoms with Crippen molar-refractivity contribution >= 4 is 28.6 Å². The van der Waals surface area contributed by atoms with Gasteiger partial charge in [0.2, 0.25) is 0 Å². The minimum atomic E-state index is -1.26. The number of carboxylic acid groups (broad SMARTS) is 2. The molecule has 0 spiro atoms. The van der Waals surface area contributed by atoms with E-state index >= 15 is 0 Å². The topological polar surface area (TPSA) is 113 Å². The average Bonchev–Trinajstić information content (AvgIpc) is 3.21. The molecule has 1 aromatic carbocycles. The Labute approximate surface area is 200 Å². The van der Waals surface area contributed by atoms with Crippen LogP contribution in [0.3, 0.4) is 0 Å². The number of rotatable bonds is 8. The number of benzene rings is 1. The molecule has 1 saturated heterocycles. The summed E-state index contributed by atoms with van der Waals surface area (Å²) in [6.45, 7) is 6.70. The van der Waals surface area contributed by atoms with Crippen LogP contribution in [0.25, 0.3) is 10.9 Å². The lowest BCUT2D eigenvalue weighted by Crippen LogP contribution is -2.44. The Morgan fingerprint density at radius 2 is 1.71 bits per heavy atom. The molecule has 0 bridgehead atoms. The van der Waals surface area contributed by atoms with Crippen LogP contribution in [0, 0.1) is 5.92 Å². The standard InChI is InChI=1S/C22H31N3O.C4H4O4/c1-16(2)25-15-18-5-3-8-20(22(18)23-25)21(26)10-9-17-11-13-24(14-12-17)19-6-4-7-19;5-3(6)1-2-4(7)8/h3,5,8,15-17,19H,4,6-7,9-14H2,1-2H3;1-2H,(H,5,6)(H,7,8)/b;2-1+. The van der Waals surface area contributed by atoms with E-state index in [2.05, 4.69) is 23.8 Å². The summed E-state index contributed by atoms with van der Waals surface area (Å²) in [6, 6.07) is 7.16. The van der Waals surface area contributed by atoms with E-state index in [-0.39, 0.29) is 5.78 Å². The van der Waals surface area contributed by atoms with Crippen molar-refractivity contribution in [3.05, 3.63) is 42.1 Å². The van der Waals surface area contributed by atoms with Gasteiger partial charge in [-0.15, -0.1) is 0 Å². The van der Waals surface area contributed by atoms with Gasteiger partial charge in [-0.25, -0.2) is 9.59 Å². The largest absolute Gasteiger partial charge is 0.478 e. The fourth-order valence-electron chi connectivity index (χ4n) is 4.52. The first-order chi connectivity index (χ1) is 16.2. The highest BCUT2D eigenvalue weighted by molar-refractivity contribution is 6.06. The molecular formula is C26H35N3O5. The number of Topliss-reactive ketones (excluding diaryl/α,β-unsaturated/α-hetero) is 1. The highest BCUT2D eigenvalue weighted by Gasteiger charge is 2.28. The molecule has 34 heavy (non-hydrogen) atoms. The number of hydrogen-bond donors (Lipinski definition) is 2. The molecule has 0 atom stereocenters. The lowest BCUT2D eigenvalue weighted by molar-refractivity contribution is -0.134. The van der Waals surface area contributed by atoms with Gasteiger partial charge in [-0.05, 0) is 71.0 Å². The molecule has 184 valence electrons. The second-order valence-corrected chi connectivity index (χ2v) is 9.48. The van der Waals surface area contributed by atoms with Gasteiger partial charge in [0, 0.05) is 47.8 Å². The second-order valence-electron chi connectivity index (χ2n) is 9.48. The van der Waals surface area contributed by atoms with Gasteiger partial charge in [0.05, 0.1) is 0 Å². The van der Waals surface area contributed by atoms with Crippen molar-refractivity contribution in [2.24, 2.45) is 5.92 Å². The number of carboxylic acids is 2. The summed E-state index contributed by atoms with van der Waals surface area (Å²) in [5.41, 5.74) is 1.67. The molecule has 2 heterocycles. The summed E-state index contributed by atoms with van der Waals surface area (Å²) in [5, 5.41) is 21.4. The SMILES string of the molecule is CC(C)n1cc2cccc(C(=O)CCC3CCN(C4CCC4)CC3)c2n1.O=C(O)/C=C/C(=O)O.